The van der Waals surface area contributed by atoms with Crippen LogP contribution in [0.4, 0.5) is 4.79 Å². The minimum absolute atomic E-state index is 0.00326. The molecule has 1 fully saturated rings. The maximum absolute atomic E-state index is 12.4. The van der Waals surface area contributed by atoms with Gasteiger partial charge in [0.1, 0.15) is 5.58 Å². The molecule has 5 heteroatoms. The summed E-state index contributed by atoms with van der Waals surface area (Å²) in [4.78, 5) is 14.3. The van der Waals surface area contributed by atoms with Crippen LogP contribution in [0.3, 0.4) is 0 Å². The molecule has 0 aliphatic carbocycles. The molecule has 2 heterocycles. The zero-order valence-corrected chi connectivity index (χ0v) is 13.6. The van der Waals surface area contributed by atoms with Crippen molar-refractivity contribution in [2.24, 2.45) is 5.92 Å². The van der Waals surface area contributed by atoms with Crippen molar-refractivity contribution in [3.05, 3.63) is 36.1 Å². The molecule has 0 bridgehead atoms. The van der Waals surface area contributed by atoms with Gasteiger partial charge in [-0.15, -0.1) is 0 Å². The largest absolute Gasteiger partial charge is 0.464 e. The van der Waals surface area contributed by atoms with E-state index in [9.17, 15) is 4.79 Å². The van der Waals surface area contributed by atoms with Crippen LogP contribution in [0.25, 0.3) is 11.0 Å². The minimum Gasteiger partial charge on any atom is -0.464 e. The Hall–Kier alpha value is -2.01. The zero-order valence-electron chi connectivity index (χ0n) is 13.6. The van der Waals surface area contributed by atoms with Gasteiger partial charge < -0.3 is 19.4 Å². The van der Waals surface area contributed by atoms with E-state index in [0.29, 0.717) is 12.5 Å². The Morgan fingerprint density at radius 1 is 1.43 bits per heavy atom. The Kier molecular flexibility index (Phi) is 5.18. The van der Waals surface area contributed by atoms with Crippen LogP contribution >= 0.6 is 0 Å². The average Bonchev–Trinajstić information content (AvgIpc) is 3.01. The predicted molar refractivity (Wildman–Crippen MR) is 89.2 cm³/mol. The van der Waals surface area contributed by atoms with Crippen LogP contribution in [-0.4, -0.2) is 37.2 Å². The van der Waals surface area contributed by atoms with Gasteiger partial charge in [-0.25, -0.2) is 4.79 Å². The third-order valence-electron chi connectivity index (χ3n) is 4.36. The van der Waals surface area contributed by atoms with Gasteiger partial charge in [0.2, 0.25) is 0 Å². The third-order valence-corrected chi connectivity index (χ3v) is 4.36. The number of rotatable bonds is 5. The normalized spacial score (nSPS) is 18.3. The summed E-state index contributed by atoms with van der Waals surface area (Å²) in [7, 11) is 0. The molecule has 1 saturated heterocycles. The average molecular weight is 316 g/mol. The summed E-state index contributed by atoms with van der Waals surface area (Å²) < 4.78 is 11.0. The fourth-order valence-electron chi connectivity index (χ4n) is 3.12. The summed E-state index contributed by atoms with van der Waals surface area (Å²) in [6.45, 7) is 5.56. The van der Waals surface area contributed by atoms with Crippen molar-refractivity contribution in [3.63, 3.8) is 0 Å². The Morgan fingerprint density at radius 2 is 2.30 bits per heavy atom. The number of urea groups is 1. The van der Waals surface area contributed by atoms with E-state index in [1.165, 1.54) is 0 Å². The second kappa shape index (κ2) is 7.51. The lowest BCUT2D eigenvalue weighted by Gasteiger charge is -2.32. The molecule has 1 aliphatic heterocycles. The van der Waals surface area contributed by atoms with Gasteiger partial charge in [0.25, 0.3) is 0 Å². The number of amides is 2. The fourth-order valence-corrected chi connectivity index (χ4v) is 3.12. The number of para-hydroxylation sites is 1. The van der Waals surface area contributed by atoms with E-state index < -0.39 is 0 Å². The van der Waals surface area contributed by atoms with E-state index in [0.717, 1.165) is 55.7 Å². The van der Waals surface area contributed by atoms with Crippen LogP contribution in [0, 0.1) is 5.92 Å². The van der Waals surface area contributed by atoms with Crippen molar-refractivity contribution in [2.75, 3.05) is 26.3 Å². The molecule has 2 aromatic rings. The summed E-state index contributed by atoms with van der Waals surface area (Å²) in [5.74, 6) is 0.448. The number of fused-ring (bicyclic) bond motifs is 1. The molecule has 5 nitrogen and oxygen atoms in total. The molecule has 2 amide bonds. The second-order valence-electron chi connectivity index (χ2n) is 6.03. The van der Waals surface area contributed by atoms with Gasteiger partial charge in [-0.2, -0.15) is 0 Å². The first-order chi connectivity index (χ1) is 11.3. The van der Waals surface area contributed by atoms with E-state index in [4.69, 9.17) is 9.15 Å². The Balaban J connectivity index is 1.54. The van der Waals surface area contributed by atoms with Crippen molar-refractivity contribution in [2.45, 2.75) is 26.3 Å². The topological polar surface area (TPSA) is 54.7 Å². The quantitative estimate of drug-likeness (QED) is 0.920. The molecule has 0 radical (unpaired) electrons. The molecular weight excluding hydrogens is 292 g/mol. The first-order valence-corrected chi connectivity index (χ1v) is 8.33. The third kappa shape index (κ3) is 3.85. The maximum Gasteiger partial charge on any atom is 0.317 e. The van der Waals surface area contributed by atoms with E-state index in [1.54, 1.807) is 6.26 Å². The van der Waals surface area contributed by atoms with E-state index >= 15 is 0 Å². The van der Waals surface area contributed by atoms with Crippen molar-refractivity contribution < 1.29 is 13.9 Å². The van der Waals surface area contributed by atoms with Gasteiger partial charge in [-0.05, 0) is 25.8 Å². The lowest BCUT2D eigenvalue weighted by Crippen LogP contribution is -2.46. The summed E-state index contributed by atoms with van der Waals surface area (Å²) in [6.07, 6.45) is 3.90. The summed E-state index contributed by atoms with van der Waals surface area (Å²) in [6, 6.07) is 7.87. The lowest BCUT2D eigenvalue weighted by molar-refractivity contribution is 0.0756. The number of carbonyl (C=O) groups is 1. The van der Waals surface area contributed by atoms with Gasteiger partial charge in [0.05, 0.1) is 12.9 Å². The van der Waals surface area contributed by atoms with Crippen LogP contribution < -0.4 is 5.32 Å². The van der Waals surface area contributed by atoms with E-state index in [-0.39, 0.29) is 6.03 Å². The van der Waals surface area contributed by atoms with Gasteiger partial charge in [0, 0.05) is 43.1 Å². The molecule has 3 rings (SSSR count). The number of piperidine rings is 1. The number of nitrogens with one attached hydrogen (secondary N) is 1. The van der Waals surface area contributed by atoms with Gasteiger partial charge in [-0.3, -0.25) is 0 Å². The Morgan fingerprint density at radius 3 is 3.17 bits per heavy atom. The van der Waals surface area contributed by atoms with Crippen molar-refractivity contribution in [1.29, 1.82) is 0 Å². The van der Waals surface area contributed by atoms with E-state index in [1.807, 2.05) is 36.1 Å². The number of furan rings is 1. The molecule has 1 aromatic carbocycles. The monoisotopic (exact) mass is 316 g/mol. The highest BCUT2D eigenvalue weighted by molar-refractivity contribution is 5.81. The first-order valence-electron chi connectivity index (χ1n) is 8.33. The van der Waals surface area contributed by atoms with Gasteiger partial charge in [-0.1, -0.05) is 18.2 Å². The highest BCUT2D eigenvalue weighted by atomic mass is 16.5. The molecule has 124 valence electrons. The first kappa shape index (κ1) is 15.9. The minimum atomic E-state index is -0.00326. The maximum atomic E-state index is 12.4. The smallest absolute Gasteiger partial charge is 0.317 e. The molecule has 1 unspecified atom stereocenters. The number of benzene rings is 1. The SMILES string of the molecule is CCOCC1CCCN(C(=O)NCc2coc3ccccc23)C1. The van der Waals surface area contributed by atoms with Crippen molar-refractivity contribution in [1.82, 2.24) is 10.2 Å². The molecular formula is C18H24N2O3. The van der Waals surface area contributed by atoms with Crippen LogP contribution in [0.15, 0.2) is 34.9 Å². The number of likely N-dealkylation sites (tertiary alicyclic amines) is 1. The molecule has 0 saturated carbocycles. The standard InChI is InChI=1S/C18H24N2O3/c1-2-22-12-14-6-5-9-20(11-14)18(21)19-10-15-13-23-17-8-4-3-7-16(15)17/h3-4,7-8,13-14H,2,5-6,9-12H2,1H3,(H,19,21). The summed E-state index contributed by atoms with van der Waals surface area (Å²) in [5.41, 5.74) is 1.86. The highest BCUT2D eigenvalue weighted by Gasteiger charge is 2.23. The zero-order chi connectivity index (χ0) is 16.1. The molecule has 1 N–H and O–H groups in total. The number of carbonyl (C=O) groups excluding carboxylic acids is 1. The van der Waals surface area contributed by atoms with Crippen LogP contribution in [0.5, 0.6) is 0 Å². The molecule has 1 aromatic heterocycles. The fraction of sp³-hybridized carbons (Fsp3) is 0.500. The van der Waals surface area contributed by atoms with Crippen LogP contribution in [0.2, 0.25) is 0 Å². The van der Waals surface area contributed by atoms with Gasteiger partial charge >= 0.3 is 6.03 Å². The number of nitrogens with zero attached hydrogens (tertiary/aromatic N) is 1. The second-order valence-corrected chi connectivity index (χ2v) is 6.03. The van der Waals surface area contributed by atoms with Crippen LogP contribution in [0.1, 0.15) is 25.3 Å². The summed E-state index contributed by atoms with van der Waals surface area (Å²) in [5, 5.41) is 4.07. The lowest BCUT2D eigenvalue weighted by atomic mass is 9.99. The Labute approximate surface area is 136 Å². The number of hydrogen-bond donors (Lipinski definition) is 1. The molecule has 1 aliphatic rings. The number of ether oxygens (including phenoxy) is 1. The summed E-state index contributed by atoms with van der Waals surface area (Å²) >= 11 is 0. The Bertz CT molecular complexity index is 653. The molecule has 1 atom stereocenters. The van der Waals surface area contributed by atoms with E-state index in [2.05, 4.69) is 5.32 Å². The van der Waals surface area contributed by atoms with Crippen LogP contribution in [-0.2, 0) is 11.3 Å². The molecule has 23 heavy (non-hydrogen) atoms. The highest BCUT2D eigenvalue weighted by Crippen LogP contribution is 2.21. The number of hydrogen-bond acceptors (Lipinski definition) is 3. The predicted octanol–water partition coefficient (Wildman–Crippen LogP) is 3.39. The van der Waals surface area contributed by atoms with Crippen molar-refractivity contribution >= 4 is 17.0 Å². The molecule has 0 spiro atoms. The van der Waals surface area contributed by atoms with Gasteiger partial charge in [0.15, 0.2) is 0 Å². The van der Waals surface area contributed by atoms with Crippen molar-refractivity contribution in [3.8, 4) is 0 Å².